The van der Waals surface area contributed by atoms with Gasteiger partial charge in [0, 0.05) is 11.4 Å². The van der Waals surface area contributed by atoms with Gasteiger partial charge in [-0.25, -0.2) is 19.9 Å². The van der Waals surface area contributed by atoms with Crippen LogP contribution >= 0.6 is 0 Å². The monoisotopic (exact) mass is 764 g/mol. The molecular formula is C48H28F4N6. The highest BCUT2D eigenvalue weighted by molar-refractivity contribution is 6.27. The van der Waals surface area contributed by atoms with Crippen molar-refractivity contribution in [2.45, 2.75) is 0 Å². The van der Waals surface area contributed by atoms with Gasteiger partial charge in [0.25, 0.3) is 0 Å². The molecule has 6 nitrogen and oxygen atoms in total. The van der Waals surface area contributed by atoms with Crippen LogP contribution in [-0.4, -0.2) is 19.9 Å². The molecule has 10 rings (SSSR count). The molecule has 4 aromatic heterocycles. The predicted octanol–water partition coefficient (Wildman–Crippen LogP) is 13.0. The van der Waals surface area contributed by atoms with E-state index in [1.165, 1.54) is 49.1 Å². The Morgan fingerprint density at radius 1 is 0.293 bits per heavy atom. The van der Waals surface area contributed by atoms with Gasteiger partial charge in [0.05, 0.1) is 47.5 Å². The first-order valence-electron chi connectivity index (χ1n) is 18.4. The van der Waals surface area contributed by atoms with Crippen LogP contribution in [0.1, 0.15) is 0 Å². The van der Waals surface area contributed by atoms with Crippen LogP contribution in [0, 0.1) is 23.8 Å². The van der Waals surface area contributed by atoms with Gasteiger partial charge in [0.2, 0.25) is 23.8 Å². The molecule has 0 saturated carbocycles. The third-order valence-electron chi connectivity index (χ3n) is 10.4. The third-order valence-corrected chi connectivity index (χ3v) is 10.4. The maximum atomic E-state index is 13.8. The van der Waals surface area contributed by atoms with E-state index in [9.17, 15) is 17.6 Å². The van der Waals surface area contributed by atoms with Crippen molar-refractivity contribution in [2.75, 3.05) is 9.80 Å². The highest BCUT2D eigenvalue weighted by atomic mass is 19.1. The average Bonchev–Trinajstić information content (AvgIpc) is 3.26. The molecule has 0 aliphatic heterocycles. The lowest BCUT2D eigenvalue weighted by Crippen LogP contribution is -2.11. The lowest BCUT2D eigenvalue weighted by Gasteiger charge is -2.25. The van der Waals surface area contributed by atoms with Gasteiger partial charge in [-0.2, -0.15) is 17.6 Å². The minimum Gasteiger partial charge on any atom is -0.307 e. The maximum absolute atomic E-state index is 13.8. The van der Waals surface area contributed by atoms with Crippen LogP contribution in [0.4, 0.5) is 51.7 Å². The van der Waals surface area contributed by atoms with E-state index in [0.717, 1.165) is 65.9 Å². The quantitative estimate of drug-likeness (QED) is 0.0872. The molecule has 6 aromatic carbocycles. The van der Waals surface area contributed by atoms with E-state index in [0.29, 0.717) is 22.7 Å². The standard InChI is InChI=1S/C48H28F4N6/c49-43-21-13-35(25-53-43)57(36-14-22-44(50)54-26-36)33-9-1-29(2-10-33)39-17-5-31-8-20-42-40(18-6-32-7-19-41(39)47(31)48(32)42)30-3-11-34(12-4-30)58(37-15-23-45(51)55-27-37)38-16-24-46(52)56-28-38/h1-28H. The molecule has 0 radical (unpaired) electrons. The number of halogens is 4. The molecule has 0 bridgehead atoms. The van der Waals surface area contributed by atoms with Crippen molar-refractivity contribution in [2.24, 2.45) is 0 Å². The second-order valence-electron chi connectivity index (χ2n) is 13.8. The van der Waals surface area contributed by atoms with E-state index in [1.54, 1.807) is 24.3 Å². The zero-order chi connectivity index (χ0) is 39.3. The minimum atomic E-state index is -0.598. The van der Waals surface area contributed by atoms with Gasteiger partial charge in [-0.3, -0.25) is 0 Å². The van der Waals surface area contributed by atoms with Gasteiger partial charge in [-0.1, -0.05) is 72.8 Å². The molecule has 0 N–H and O–H groups in total. The summed E-state index contributed by atoms with van der Waals surface area (Å²) in [5.41, 5.74) is 8.07. The largest absolute Gasteiger partial charge is 0.307 e. The summed E-state index contributed by atoms with van der Waals surface area (Å²) >= 11 is 0. The summed E-state index contributed by atoms with van der Waals surface area (Å²) in [6.45, 7) is 0. The van der Waals surface area contributed by atoms with Gasteiger partial charge in [-0.05, 0) is 127 Å². The summed E-state index contributed by atoms with van der Waals surface area (Å²) in [5, 5.41) is 6.77. The van der Waals surface area contributed by atoms with Gasteiger partial charge in [0.15, 0.2) is 0 Å². The van der Waals surface area contributed by atoms with Gasteiger partial charge < -0.3 is 9.80 Å². The summed E-state index contributed by atoms with van der Waals surface area (Å²) in [7, 11) is 0. The van der Waals surface area contributed by atoms with Crippen LogP contribution in [0.3, 0.4) is 0 Å². The van der Waals surface area contributed by atoms with Crippen molar-refractivity contribution in [3.63, 3.8) is 0 Å². The number of anilines is 6. The molecule has 10 heteroatoms. The Morgan fingerprint density at radius 2 is 0.586 bits per heavy atom. The predicted molar refractivity (Wildman–Crippen MR) is 221 cm³/mol. The molecule has 0 aliphatic rings. The van der Waals surface area contributed by atoms with Crippen molar-refractivity contribution in [1.82, 2.24) is 19.9 Å². The second-order valence-corrected chi connectivity index (χ2v) is 13.8. The van der Waals surface area contributed by atoms with Crippen molar-refractivity contribution in [3.05, 3.63) is 194 Å². The molecular weight excluding hydrogens is 737 g/mol. The zero-order valence-corrected chi connectivity index (χ0v) is 30.4. The lowest BCUT2D eigenvalue weighted by molar-refractivity contribution is 0.582. The van der Waals surface area contributed by atoms with Crippen molar-refractivity contribution < 1.29 is 17.6 Å². The van der Waals surface area contributed by atoms with Crippen LogP contribution in [0.25, 0.3) is 54.6 Å². The Bertz CT molecular complexity index is 2770. The van der Waals surface area contributed by atoms with Crippen LogP contribution in [0.15, 0.2) is 170 Å². The minimum absolute atomic E-state index is 0.598. The van der Waals surface area contributed by atoms with E-state index in [1.807, 2.05) is 58.3 Å². The maximum Gasteiger partial charge on any atom is 0.212 e. The van der Waals surface area contributed by atoms with Crippen molar-refractivity contribution >= 4 is 66.4 Å². The van der Waals surface area contributed by atoms with E-state index in [2.05, 4.69) is 68.5 Å². The molecule has 0 unspecified atom stereocenters. The number of hydrogen-bond acceptors (Lipinski definition) is 6. The van der Waals surface area contributed by atoms with E-state index in [-0.39, 0.29) is 0 Å². The number of rotatable bonds is 8. The Hall–Kier alpha value is -7.72. The van der Waals surface area contributed by atoms with E-state index in [4.69, 9.17) is 0 Å². The summed E-state index contributed by atoms with van der Waals surface area (Å²) < 4.78 is 55.2. The molecule has 0 fully saturated rings. The van der Waals surface area contributed by atoms with Crippen molar-refractivity contribution in [1.29, 1.82) is 0 Å². The topological polar surface area (TPSA) is 58.0 Å². The summed E-state index contributed by atoms with van der Waals surface area (Å²) in [6.07, 6.45) is 5.73. The first-order chi connectivity index (χ1) is 28.4. The molecule has 0 amide bonds. The van der Waals surface area contributed by atoms with Crippen LogP contribution in [-0.2, 0) is 0 Å². The van der Waals surface area contributed by atoms with Crippen LogP contribution in [0.2, 0.25) is 0 Å². The normalized spacial score (nSPS) is 11.4. The fourth-order valence-corrected chi connectivity index (χ4v) is 7.78. The molecule has 0 aliphatic carbocycles. The number of aromatic nitrogens is 4. The Kier molecular flexibility index (Phi) is 8.44. The second kappa shape index (κ2) is 14.1. The first kappa shape index (κ1) is 34.7. The highest BCUT2D eigenvalue weighted by Crippen LogP contribution is 2.44. The van der Waals surface area contributed by atoms with Gasteiger partial charge >= 0.3 is 0 Å². The smallest absolute Gasteiger partial charge is 0.212 e. The summed E-state index contributed by atoms with van der Waals surface area (Å²) in [4.78, 5) is 19.1. The third kappa shape index (κ3) is 6.17. The number of hydrogen-bond donors (Lipinski definition) is 0. The fourth-order valence-electron chi connectivity index (χ4n) is 7.78. The molecule has 58 heavy (non-hydrogen) atoms. The molecule has 0 saturated heterocycles. The van der Waals surface area contributed by atoms with E-state index >= 15 is 0 Å². The SMILES string of the molecule is Fc1ccc(N(c2ccc(-c3ccc4ccc5c(-c6ccc(N(c7ccc(F)nc7)c7ccc(F)nc7)cc6)ccc6ccc3c4c65)cc2)c2ccc(F)nc2)cn1. The van der Waals surface area contributed by atoms with Crippen LogP contribution in [0.5, 0.6) is 0 Å². The Morgan fingerprint density at radius 3 is 0.879 bits per heavy atom. The number of pyridine rings is 4. The van der Waals surface area contributed by atoms with Gasteiger partial charge in [0.1, 0.15) is 0 Å². The first-order valence-corrected chi connectivity index (χ1v) is 18.4. The lowest BCUT2D eigenvalue weighted by atomic mass is 9.87. The Balaban J connectivity index is 1.04. The molecule has 0 atom stereocenters. The highest BCUT2D eigenvalue weighted by Gasteiger charge is 2.19. The molecule has 10 aromatic rings. The summed E-state index contributed by atoms with van der Waals surface area (Å²) in [5.74, 6) is -2.39. The molecule has 0 spiro atoms. The summed E-state index contributed by atoms with van der Waals surface area (Å²) in [6, 6.07) is 44.9. The number of nitrogens with zero attached hydrogens (tertiary/aromatic N) is 6. The number of benzene rings is 6. The van der Waals surface area contributed by atoms with Gasteiger partial charge in [-0.15, -0.1) is 0 Å². The van der Waals surface area contributed by atoms with Crippen LogP contribution < -0.4 is 9.80 Å². The Labute approximate surface area is 329 Å². The zero-order valence-electron chi connectivity index (χ0n) is 30.4. The average molecular weight is 765 g/mol. The van der Waals surface area contributed by atoms with E-state index < -0.39 is 23.8 Å². The van der Waals surface area contributed by atoms with Crippen molar-refractivity contribution in [3.8, 4) is 22.3 Å². The molecule has 278 valence electrons. The fraction of sp³-hybridized carbons (Fsp3) is 0. The molecule has 4 heterocycles.